The summed E-state index contributed by atoms with van der Waals surface area (Å²) >= 11 is 7.67. The lowest BCUT2D eigenvalue weighted by atomic mass is 10.1. The highest BCUT2D eigenvalue weighted by molar-refractivity contribution is 8.00. The van der Waals surface area contributed by atoms with Crippen LogP contribution in [0, 0.1) is 0 Å². The van der Waals surface area contributed by atoms with Crippen LogP contribution in [0.15, 0.2) is 72.1 Å². The van der Waals surface area contributed by atoms with Gasteiger partial charge in [0.15, 0.2) is 0 Å². The van der Waals surface area contributed by atoms with Gasteiger partial charge >= 0.3 is 5.97 Å². The lowest BCUT2D eigenvalue weighted by molar-refractivity contribution is -0.142. The largest absolute Gasteiger partial charge is 0.465 e. The molecule has 2 aromatic heterocycles. The molecule has 1 unspecified atom stereocenters. The molecule has 0 amide bonds. The molecule has 31 heavy (non-hydrogen) atoms. The molecule has 0 saturated heterocycles. The Labute approximate surface area is 190 Å². The van der Waals surface area contributed by atoms with E-state index in [0.29, 0.717) is 18.1 Å². The van der Waals surface area contributed by atoms with E-state index in [1.54, 1.807) is 6.33 Å². The topological polar surface area (TPSA) is 57.0 Å². The molecule has 0 N–H and O–H groups in total. The van der Waals surface area contributed by atoms with Crippen molar-refractivity contribution in [2.75, 3.05) is 6.61 Å². The van der Waals surface area contributed by atoms with Crippen LogP contribution in [-0.4, -0.2) is 32.4 Å². The number of rotatable bonds is 7. The number of ether oxygens (including phenoxy) is 1. The average molecular weight is 452 g/mol. The second kappa shape index (κ2) is 9.54. The number of carbonyl (C=O) groups is 1. The molecule has 5 nitrogen and oxygen atoms in total. The SMILES string of the molecule is CCOC(=O)C(CC)Sc1ncnc2c1c(-c1ccccc1)cn2-c1cccc(Cl)c1. The molecule has 0 aliphatic heterocycles. The van der Waals surface area contributed by atoms with E-state index in [1.807, 2.05) is 60.9 Å². The summed E-state index contributed by atoms with van der Waals surface area (Å²) in [7, 11) is 0. The van der Waals surface area contributed by atoms with Crippen molar-refractivity contribution in [2.24, 2.45) is 0 Å². The van der Waals surface area contributed by atoms with Gasteiger partial charge in [-0.1, -0.05) is 66.7 Å². The van der Waals surface area contributed by atoms with E-state index in [2.05, 4.69) is 28.3 Å². The number of halogens is 1. The summed E-state index contributed by atoms with van der Waals surface area (Å²) < 4.78 is 7.27. The zero-order valence-electron chi connectivity index (χ0n) is 17.3. The minimum atomic E-state index is -0.337. The summed E-state index contributed by atoms with van der Waals surface area (Å²) in [6.07, 6.45) is 4.23. The Bertz CT molecular complexity index is 1210. The Morgan fingerprint density at radius 3 is 2.65 bits per heavy atom. The average Bonchev–Trinajstić information content (AvgIpc) is 3.19. The predicted octanol–water partition coefficient (Wildman–Crippen LogP) is 6.17. The number of aromatic nitrogens is 3. The lowest BCUT2D eigenvalue weighted by Crippen LogP contribution is -2.19. The molecule has 0 aliphatic rings. The zero-order chi connectivity index (χ0) is 21.8. The first-order valence-electron chi connectivity index (χ1n) is 10.1. The molecule has 0 bridgehead atoms. The number of nitrogens with zero attached hydrogens (tertiary/aromatic N) is 3. The summed E-state index contributed by atoms with van der Waals surface area (Å²) in [5.74, 6) is -0.225. The van der Waals surface area contributed by atoms with Gasteiger partial charge in [-0.25, -0.2) is 9.97 Å². The molecule has 0 aliphatic carbocycles. The standard InChI is InChI=1S/C24H22ClN3O2S/c1-3-20(24(29)30-4-2)31-23-21-19(16-9-6-5-7-10-16)14-28(22(21)26-15-27-23)18-12-8-11-17(25)13-18/h5-15,20H,3-4H2,1-2H3. The molecule has 158 valence electrons. The minimum absolute atomic E-state index is 0.225. The lowest BCUT2D eigenvalue weighted by Gasteiger charge is -2.13. The fourth-order valence-electron chi connectivity index (χ4n) is 3.45. The van der Waals surface area contributed by atoms with Crippen LogP contribution in [0.1, 0.15) is 20.3 Å². The maximum atomic E-state index is 12.4. The van der Waals surface area contributed by atoms with E-state index in [-0.39, 0.29) is 11.2 Å². The number of hydrogen-bond acceptors (Lipinski definition) is 5. The van der Waals surface area contributed by atoms with E-state index < -0.39 is 0 Å². The van der Waals surface area contributed by atoms with Crippen LogP contribution in [0.5, 0.6) is 0 Å². The van der Waals surface area contributed by atoms with Crippen LogP contribution in [0.25, 0.3) is 27.8 Å². The maximum Gasteiger partial charge on any atom is 0.319 e. The van der Waals surface area contributed by atoms with E-state index >= 15 is 0 Å². The zero-order valence-corrected chi connectivity index (χ0v) is 18.9. The molecule has 1 atom stereocenters. The van der Waals surface area contributed by atoms with Crippen LogP contribution in [-0.2, 0) is 9.53 Å². The number of thioether (sulfide) groups is 1. The molecule has 0 saturated carbocycles. The van der Waals surface area contributed by atoms with Crippen molar-refractivity contribution < 1.29 is 9.53 Å². The van der Waals surface area contributed by atoms with Crippen LogP contribution in [0.3, 0.4) is 0 Å². The normalized spacial score (nSPS) is 12.1. The third kappa shape index (κ3) is 4.45. The Morgan fingerprint density at radius 2 is 1.94 bits per heavy atom. The first-order valence-corrected chi connectivity index (χ1v) is 11.4. The Balaban J connectivity index is 1.91. The number of hydrogen-bond donors (Lipinski definition) is 0. The molecule has 0 spiro atoms. The summed E-state index contributed by atoms with van der Waals surface area (Å²) in [5, 5.41) is 1.97. The summed E-state index contributed by atoms with van der Waals surface area (Å²) in [4.78, 5) is 21.6. The highest BCUT2D eigenvalue weighted by Gasteiger charge is 2.24. The highest BCUT2D eigenvalue weighted by atomic mass is 35.5. The first-order chi connectivity index (χ1) is 15.1. The van der Waals surface area contributed by atoms with Crippen molar-refractivity contribution in [3.05, 3.63) is 72.1 Å². The molecular weight excluding hydrogens is 430 g/mol. The van der Waals surface area contributed by atoms with E-state index in [0.717, 1.165) is 32.9 Å². The van der Waals surface area contributed by atoms with Gasteiger partial charge in [0.25, 0.3) is 0 Å². The molecule has 7 heteroatoms. The van der Waals surface area contributed by atoms with Gasteiger partial charge in [-0.2, -0.15) is 0 Å². The fraction of sp³-hybridized carbons (Fsp3) is 0.208. The summed E-state index contributed by atoms with van der Waals surface area (Å²) in [5.41, 5.74) is 3.72. The summed E-state index contributed by atoms with van der Waals surface area (Å²) in [6.45, 7) is 4.15. The molecule has 0 fully saturated rings. The van der Waals surface area contributed by atoms with Crippen LogP contribution >= 0.6 is 23.4 Å². The molecule has 0 radical (unpaired) electrons. The van der Waals surface area contributed by atoms with Crippen LogP contribution < -0.4 is 0 Å². The van der Waals surface area contributed by atoms with Gasteiger partial charge in [0.1, 0.15) is 22.3 Å². The number of benzene rings is 2. The Kier molecular flexibility index (Phi) is 6.59. The molecule has 2 aromatic carbocycles. The van der Waals surface area contributed by atoms with Crippen LogP contribution in [0.4, 0.5) is 0 Å². The van der Waals surface area contributed by atoms with Gasteiger partial charge in [-0.15, -0.1) is 0 Å². The van der Waals surface area contributed by atoms with Crippen molar-refractivity contribution in [2.45, 2.75) is 30.5 Å². The van der Waals surface area contributed by atoms with Crippen molar-refractivity contribution in [1.82, 2.24) is 14.5 Å². The number of carbonyl (C=O) groups excluding carboxylic acids is 1. The first kappa shape index (κ1) is 21.4. The quantitative estimate of drug-likeness (QED) is 0.191. The highest BCUT2D eigenvalue weighted by Crippen LogP contribution is 2.38. The third-order valence-corrected chi connectivity index (χ3v) is 6.47. The number of fused-ring (bicyclic) bond motifs is 1. The van der Waals surface area contributed by atoms with Crippen LogP contribution in [0.2, 0.25) is 5.02 Å². The smallest absolute Gasteiger partial charge is 0.319 e. The number of esters is 1. The second-order valence-corrected chi connectivity index (χ2v) is 8.53. The minimum Gasteiger partial charge on any atom is -0.465 e. The monoisotopic (exact) mass is 451 g/mol. The van der Waals surface area contributed by atoms with Gasteiger partial charge in [0.05, 0.1) is 12.0 Å². The van der Waals surface area contributed by atoms with Crippen molar-refractivity contribution in [3.63, 3.8) is 0 Å². The van der Waals surface area contributed by atoms with Gasteiger partial charge in [0, 0.05) is 22.5 Å². The van der Waals surface area contributed by atoms with Gasteiger partial charge in [-0.05, 0) is 37.1 Å². The predicted molar refractivity (Wildman–Crippen MR) is 126 cm³/mol. The molecule has 4 aromatic rings. The van der Waals surface area contributed by atoms with E-state index in [4.69, 9.17) is 16.3 Å². The third-order valence-electron chi connectivity index (χ3n) is 4.89. The van der Waals surface area contributed by atoms with Gasteiger partial charge in [-0.3, -0.25) is 4.79 Å². The van der Waals surface area contributed by atoms with Crippen molar-refractivity contribution in [3.8, 4) is 16.8 Å². The Morgan fingerprint density at radius 1 is 1.13 bits per heavy atom. The van der Waals surface area contributed by atoms with Crippen molar-refractivity contribution >= 4 is 40.4 Å². The van der Waals surface area contributed by atoms with Crippen molar-refractivity contribution in [1.29, 1.82) is 0 Å². The van der Waals surface area contributed by atoms with Gasteiger partial charge < -0.3 is 9.30 Å². The van der Waals surface area contributed by atoms with E-state index in [9.17, 15) is 4.79 Å². The Hall–Kier alpha value is -2.83. The molecular formula is C24H22ClN3O2S. The molecule has 4 rings (SSSR count). The maximum absolute atomic E-state index is 12.4. The fourth-order valence-corrected chi connectivity index (χ4v) is 4.66. The second-order valence-electron chi connectivity index (χ2n) is 6.90. The molecule has 2 heterocycles. The van der Waals surface area contributed by atoms with Gasteiger partial charge in [0.2, 0.25) is 0 Å². The van der Waals surface area contributed by atoms with E-state index in [1.165, 1.54) is 11.8 Å². The summed E-state index contributed by atoms with van der Waals surface area (Å²) in [6, 6.07) is 17.7.